The summed E-state index contributed by atoms with van der Waals surface area (Å²) in [7, 11) is 3.76. The molecular weight excluding hydrogens is 342 g/mol. The highest BCUT2D eigenvalue weighted by Gasteiger charge is 2.46. The van der Waals surface area contributed by atoms with Gasteiger partial charge in [-0.25, -0.2) is 4.79 Å². The van der Waals surface area contributed by atoms with Gasteiger partial charge in [-0.05, 0) is 19.5 Å². The first-order chi connectivity index (χ1) is 13.0. The second-order valence-corrected chi connectivity index (χ2v) is 8.03. The summed E-state index contributed by atoms with van der Waals surface area (Å²) in [6.45, 7) is 8.92. The molecule has 0 atom stereocenters. The quantitative estimate of drug-likeness (QED) is 0.698. The minimum atomic E-state index is -0.286. The summed E-state index contributed by atoms with van der Waals surface area (Å²) in [5, 5.41) is 0. The van der Waals surface area contributed by atoms with Crippen molar-refractivity contribution in [2.45, 2.75) is 31.9 Å². The smallest absolute Gasteiger partial charge is 0.410 e. The topological polar surface area (TPSA) is 45.2 Å². The Morgan fingerprint density at radius 3 is 2.74 bits per heavy atom. The third-order valence-corrected chi connectivity index (χ3v) is 5.73. The predicted molar refractivity (Wildman–Crippen MR) is 106 cm³/mol. The van der Waals surface area contributed by atoms with Crippen molar-refractivity contribution in [2.24, 2.45) is 0 Å². The van der Waals surface area contributed by atoms with Crippen LogP contribution in [0.15, 0.2) is 24.3 Å². The fourth-order valence-corrected chi connectivity index (χ4v) is 3.96. The number of benzene rings is 1. The molecule has 2 heterocycles. The normalized spacial score (nSPS) is 19.9. The fourth-order valence-electron chi connectivity index (χ4n) is 3.96. The standard InChI is InChI=1S/C21H33N3O3/c1-18-5-4-6-19(15-18)16-23-9-7-21(8-10-23)17-24(20(25)27-21)12-11-22(2)13-14-26-3/h4-6,15H,7-14,16-17H2,1-3H3. The van der Waals surface area contributed by atoms with E-state index in [0.29, 0.717) is 13.2 Å². The van der Waals surface area contributed by atoms with Crippen molar-refractivity contribution >= 4 is 6.09 Å². The molecule has 0 N–H and O–H groups in total. The number of rotatable bonds is 8. The first-order valence-electron chi connectivity index (χ1n) is 9.93. The van der Waals surface area contributed by atoms with Crippen LogP contribution in [-0.2, 0) is 16.0 Å². The largest absolute Gasteiger partial charge is 0.441 e. The summed E-state index contributed by atoms with van der Waals surface area (Å²) in [6.07, 6.45) is 1.68. The van der Waals surface area contributed by atoms with Crippen LogP contribution in [-0.4, -0.2) is 86.4 Å². The zero-order valence-electron chi connectivity index (χ0n) is 16.9. The lowest BCUT2D eigenvalue weighted by Crippen LogP contribution is -2.47. The summed E-state index contributed by atoms with van der Waals surface area (Å²) in [4.78, 5) is 18.9. The van der Waals surface area contributed by atoms with Gasteiger partial charge in [-0.1, -0.05) is 29.8 Å². The Morgan fingerprint density at radius 1 is 1.26 bits per heavy atom. The molecule has 0 saturated carbocycles. The Bertz CT molecular complexity index is 629. The number of likely N-dealkylation sites (N-methyl/N-ethyl adjacent to an activating group) is 1. The lowest BCUT2D eigenvalue weighted by Gasteiger charge is -2.37. The number of aryl methyl sites for hydroxylation is 1. The van der Waals surface area contributed by atoms with Gasteiger partial charge in [0.25, 0.3) is 0 Å². The van der Waals surface area contributed by atoms with E-state index in [1.54, 1.807) is 7.11 Å². The molecule has 3 rings (SSSR count). The molecule has 0 aromatic heterocycles. The molecule has 6 heteroatoms. The summed E-state index contributed by atoms with van der Waals surface area (Å²) >= 11 is 0. The molecule has 1 spiro atoms. The molecular formula is C21H33N3O3. The summed E-state index contributed by atoms with van der Waals surface area (Å²) in [5.41, 5.74) is 2.37. The van der Waals surface area contributed by atoms with Crippen LogP contribution in [0.5, 0.6) is 0 Å². The first kappa shape index (κ1) is 20.1. The Balaban J connectivity index is 1.46. The van der Waals surface area contributed by atoms with Gasteiger partial charge in [0.15, 0.2) is 0 Å². The molecule has 1 aromatic carbocycles. The summed E-state index contributed by atoms with van der Waals surface area (Å²) < 4.78 is 11.0. The van der Waals surface area contributed by atoms with Crippen LogP contribution >= 0.6 is 0 Å². The second kappa shape index (κ2) is 9.04. The van der Waals surface area contributed by atoms with E-state index in [1.807, 2.05) is 4.90 Å². The first-order valence-corrected chi connectivity index (χ1v) is 9.93. The summed E-state index contributed by atoms with van der Waals surface area (Å²) in [5.74, 6) is 0. The van der Waals surface area contributed by atoms with Crippen LogP contribution in [0.1, 0.15) is 24.0 Å². The van der Waals surface area contributed by atoms with E-state index in [2.05, 4.69) is 48.0 Å². The average Bonchev–Trinajstić information content (AvgIpc) is 2.95. The van der Waals surface area contributed by atoms with E-state index < -0.39 is 0 Å². The van der Waals surface area contributed by atoms with Gasteiger partial charge in [0.1, 0.15) is 5.60 Å². The number of likely N-dealkylation sites (tertiary alicyclic amines) is 1. The third-order valence-electron chi connectivity index (χ3n) is 5.73. The lowest BCUT2D eigenvalue weighted by atomic mass is 9.91. The highest BCUT2D eigenvalue weighted by Crippen LogP contribution is 2.33. The molecule has 0 radical (unpaired) electrons. The van der Waals surface area contributed by atoms with Gasteiger partial charge in [0.2, 0.25) is 0 Å². The van der Waals surface area contributed by atoms with E-state index in [4.69, 9.17) is 9.47 Å². The molecule has 2 aliphatic heterocycles. The van der Waals surface area contributed by atoms with Crippen LogP contribution in [0.25, 0.3) is 0 Å². The monoisotopic (exact) mass is 375 g/mol. The minimum absolute atomic E-state index is 0.151. The van der Waals surface area contributed by atoms with Gasteiger partial charge in [-0.3, -0.25) is 4.90 Å². The second-order valence-electron chi connectivity index (χ2n) is 8.03. The Hall–Kier alpha value is -1.63. The van der Waals surface area contributed by atoms with Crippen molar-refractivity contribution in [3.05, 3.63) is 35.4 Å². The number of carbonyl (C=O) groups excluding carboxylic acids is 1. The molecule has 0 unspecified atom stereocenters. The van der Waals surface area contributed by atoms with Gasteiger partial charge in [-0.15, -0.1) is 0 Å². The maximum atomic E-state index is 12.3. The van der Waals surface area contributed by atoms with E-state index in [0.717, 1.165) is 52.1 Å². The van der Waals surface area contributed by atoms with Gasteiger partial charge in [0, 0.05) is 59.2 Å². The molecule has 27 heavy (non-hydrogen) atoms. The maximum absolute atomic E-state index is 12.3. The van der Waals surface area contributed by atoms with Crippen LogP contribution in [0, 0.1) is 6.92 Å². The number of ether oxygens (including phenoxy) is 2. The molecule has 1 amide bonds. The molecule has 6 nitrogen and oxygen atoms in total. The fraction of sp³-hybridized carbons (Fsp3) is 0.667. The number of hydrogen-bond acceptors (Lipinski definition) is 5. The number of carbonyl (C=O) groups is 1. The Labute approximate surface area is 163 Å². The number of nitrogens with zero attached hydrogens (tertiary/aromatic N) is 3. The molecule has 2 saturated heterocycles. The van der Waals surface area contributed by atoms with Crippen LogP contribution in [0.3, 0.4) is 0 Å². The van der Waals surface area contributed by atoms with Gasteiger partial charge in [-0.2, -0.15) is 0 Å². The average molecular weight is 376 g/mol. The number of hydrogen-bond donors (Lipinski definition) is 0. The number of piperidine rings is 1. The third kappa shape index (κ3) is 5.43. The van der Waals surface area contributed by atoms with Crippen molar-refractivity contribution in [3.63, 3.8) is 0 Å². The maximum Gasteiger partial charge on any atom is 0.410 e. The van der Waals surface area contributed by atoms with Crippen LogP contribution in [0.2, 0.25) is 0 Å². The van der Waals surface area contributed by atoms with Gasteiger partial charge in [0.05, 0.1) is 13.2 Å². The number of amides is 1. The van der Waals surface area contributed by atoms with E-state index >= 15 is 0 Å². The predicted octanol–water partition coefficient (Wildman–Crippen LogP) is 2.36. The van der Waals surface area contributed by atoms with Crippen molar-refractivity contribution in [1.29, 1.82) is 0 Å². The molecule has 0 aliphatic carbocycles. The van der Waals surface area contributed by atoms with E-state index in [1.165, 1.54) is 11.1 Å². The van der Waals surface area contributed by atoms with E-state index in [9.17, 15) is 4.79 Å². The van der Waals surface area contributed by atoms with Crippen LogP contribution in [0.4, 0.5) is 4.79 Å². The van der Waals surface area contributed by atoms with Crippen molar-refractivity contribution in [3.8, 4) is 0 Å². The molecule has 2 fully saturated rings. The minimum Gasteiger partial charge on any atom is -0.441 e. The molecule has 0 bridgehead atoms. The summed E-state index contributed by atoms with van der Waals surface area (Å²) in [6, 6.07) is 8.70. The zero-order chi connectivity index (χ0) is 19.3. The number of methoxy groups -OCH3 is 1. The van der Waals surface area contributed by atoms with Crippen molar-refractivity contribution in [1.82, 2.24) is 14.7 Å². The molecule has 150 valence electrons. The van der Waals surface area contributed by atoms with E-state index in [-0.39, 0.29) is 11.7 Å². The van der Waals surface area contributed by atoms with Crippen LogP contribution < -0.4 is 0 Å². The highest BCUT2D eigenvalue weighted by atomic mass is 16.6. The highest BCUT2D eigenvalue weighted by molar-refractivity contribution is 5.70. The SMILES string of the molecule is COCCN(C)CCN1CC2(CCN(Cc3cccc(C)c3)CC2)OC1=O. The van der Waals surface area contributed by atoms with Crippen molar-refractivity contribution in [2.75, 3.05) is 60.0 Å². The zero-order valence-corrected chi connectivity index (χ0v) is 16.9. The lowest BCUT2D eigenvalue weighted by molar-refractivity contribution is -0.00125. The Kier molecular flexibility index (Phi) is 6.73. The van der Waals surface area contributed by atoms with Crippen molar-refractivity contribution < 1.29 is 14.3 Å². The molecule has 2 aliphatic rings. The Morgan fingerprint density at radius 2 is 2.04 bits per heavy atom. The molecule has 1 aromatic rings. The van der Waals surface area contributed by atoms with Gasteiger partial charge < -0.3 is 19.3 Å². The van der Waals surface area contributed by atoms with Gasteiger partial charge >= 0.3 is 6.09 Å².